The molecule has 1 aliphatic carbocycles. The number of rotatable bonds is 4. The van der Waals surface area contributed by atoms with Gasteiger partial charge in [-0.2, -0.15) is 0 Å². The minimum absolute atomic E-state index is 0.226. The largest absolute Gasteiger partial charge is 0.331 e. The molecule has 0 N–H and O–H groups in total. The Labute approximate surface area is 97.1 Å². The van der Waals surface area contributed by atoms with Gasteiger partial charge in [0.05, 0.1) is 0 Å². The molecule has 1 rings (SSSR count). The maximum absolute atomic E-state index is 11.9. The van der Waals surface area contributed by atoms with E-state index in [-0.39, 0.29) is 5.24 Å². The van der Waals surface area contributed by atoms with Crippen LogP contribution in [0.15, 0.2) is 12.7 Å². The normalized spacial score (nSPS) is 17.4. The molecule has 0 aromatic heterocycles. The lowest BCUT2D eigenvalue weighted by Gasteiger charge is -2.33. The fourth-order valence-electron chi connectivity index (χ4n) is 2.14. The summed E-state index contributed by atoms with van der Waals surface area (Å²) in [7, 11) is 0. The van der Waals surface area contributed by atoms with Gasteiger partial charge in [-0.05, 0) is 19.8 Å². The summed E-state index contributed by atoms with van der Waals surface area (Å²) in [6.45, 7) is 6.55. The Morgan fingerprint density at radius 3 is 2.67 bits per heavy atom. The molecule has 1 aliphatic rings. The molecule has 0 aromatic carbocycles. The number of hydrogen-bond donors (Lipinski definition) is 0. The average molecular weight is 227 g/mol. The first-order chi connectivity index (χ1) is 7.29. The van der Waals surface area contributed by atoms with E-state index in [4.69, 9.17) is 0 Å². The Bertz CT molecular complexity index is 212. The number of carbonyl (C=O) groups is 1. The quantitative estimate of drug-likeness (QED) is 0.683. The van der Waals surface area contributed by atoms with Gasteiger partial charge < -0.3 is 4.90 Å². The van der Waals surface area contributed by atoms with E-state index in [2.05, 4.69) is 13.5 Å². The number of thioether (sulfide) groups is 1. The number of nitrogens with zero attached hydrogens (tertiary/aromatic N) is 1. The first-order valence-electron chi connectivity index (χ1n) is 5.84. The fourth-order valence-corrected chi connectivity index (χ4v) is 2.85. The van der Waals surface area contributed by atoms with Crippen LogP contribution in [0.4, 0.5) is 4.79 Å². The molecule has 0 aliphatic heterocycles. The third-order valence-corrected chi connectivity index (χ3v) is 3.80. The molecule has 86 valence electrons. The zero-order chi connectivity index (χ0) is 11.1. The predicted octanol–water partition coefficient (Wildman–Crippen LogP) is 3.68. The molecule has 0 saturated heterocycles. The summed E-state index contributed by atoms with van der Waals surface area (Å²) in [5.41, 5.74) is 0. The number of amides is 1. The van der Waals surface area contributed by atoms with Crippen molar-refractivity contribution in [3.8, 4) is 0 Å². The van der Waals surface area contributed by atoms with Gasteiger partial charge in [0.2, 0.25) is 0 Å². The van der Waals surface area contributed by atoms with E-state index in [1.165, 1.54) is 43.9 Å². The topological polar surface area (TPSA) is 20.3 Å². The summed E-state index contributed by atoms with van der Waals surface area (Å²) < 4.78 is 0. The first kappa shape index (κ1) is 12.6. The molecule has 0 aromatic rings. The Morgan fingerprint density at radius 2 is 2.13 bits per heavy atom. The molecule has 0 atom stereocenters. The van der Waals surface area contributed by atoms with E-state index in [0.29, 0.717) is 6.04 Å². The lowest BCUT2D eigenvalue weighted by Crippen LogP contribution is -2.39. The van der Waals surface area contributed by atoms with Crippen molar-refractivity contribution < 1.29 is 4.79 Å². The number of carbonyl (C=O) groups excluding carboxylic acids is 1. The summed E-state index contributed by atoms with van der Waals surface area (Å²) in [6.07, 6.45) is 8.06. The minimum atomic E-state index is 0.226. The standard InChI is InChI=1S/C12H21NOS/c1-3-10-15-12(14)13(4-2)11-8-6-5-7-9-11/h3,11H,1,4-10H2,2H3. The molecule has 1 amide bonds. The van der Waals surface area contributed by atoms with Crippen molar-refractivity contribution >= 4 is 17.0 Å². The Kier molecular flexibility index (Phi) is 5.84. The molecular formula is C12H21NOS. The van der Waals surface area contributed by atoms with Crippen LogP contribution in [0.25, 0.3) is 0 Å². The first-order valence-corrected chi connectivity index (χ1v) is 6.82. The van der Waals surface area contributed by atoms with E-state index < -0.39 is 0 Å². The van der Waals surface area contributed by atoms with Crippen molar-refractivity contribution in [3.05, 3.63) is 12.7 Å². The monoisotopic (exact) mass is 227 g/mol. The summed E-state index contributed by atoms with van der Waals surface area (Å²) in [6, 6.07) is 0.494. The van der Waals surface area contributed by atoms with Crippen LogP contribution in [0.1, 0.15) is 39.0 Å². The molecule has 0 radical (unpaired) electrons. The van der Waals surface area contributed by atoms with Crippen molar-refractivity contribution in [1.29, 1.82) is 0 Å². The molecule has 0 spiro atoms. The molecule has 15 heavy (non-hydrogen) atoms. The van der Waals surface area contributed by atoms with Gasteiger partial charge in [-0.15, -0.1) is 6.58 Å². The highest BCUT2D eigenvalue weighted by Gasteiger charge is 2.23. The van der Waals surface area contributed by atoms with Gasteiger partial charge in [-0.3, -0.25) is 4.79 Å². The molecular weight excluding hydrogens is 206 g/mol. The van der Waals surface area contributed by atoms with Crippen LogP contribution in [0.5, 0.6) is 0 Å². The van der Waals surface area contributed by atoms with Crippen LogP contribution in [0, 0.1) is 0 Å². The smallest absolute Gasteiger partial charge is 0.282 e. The summed E-state index contributed by atoms with van der Waals surface area (Å²) in [5.74, 6) is 0.724. The second kappa shape index (κ2) is 6.94. The molecule has 0 bridgehead atoms. The van der Waals surface area contributed by atoms with Gasteiger partial charge >= 0.3 is 0 Å². The predicted molar refractivity (Wildman–Crippen MR) is 67.3 cm³/mol. The van der Waals surface area contributed by atoms with E-state index in [0.717, 1.165) is 12.3 Å². The van der Waals surface area contributed by atoms with Crippen LogP contribution >= 0.6 is 11.8 Å². The van der Waals surface area contributed by atoms with Gasteiger partial charge in [-0.25, -0.2) is 0 Å². The van der Waals surface area contributed by atoms with Crippen LogP contribution in [0.3, 0.4) is 0 Å². The van der Waals surface area contributed by atoms with Crippen molar-refractivity contribution in [1.82, 2.24) is 4.90 Å². The molecule has 1 fully saturated rings. The minimum Gasteiger partial charge on any atom is -0.331 e. The van der Waals surface area contributed by atoms with Crippen LogP contribution in [0.2, 0.25) is 0 Å². The van der Waals surface area contributed by atoms with Crippen molar-refractivity contribution in [2.75, 3.05) is 12.3 Å². The van der Waals surface area contributed by atoms with Crippen molar-refractivity contribution in [3.63, 3.8) is 0 Å². The van der Waals surface area contributed by atoms with Crippen molar-refractivity contribution in [2.24, 2.45) is 0 Å². The lowest BCUT2D eigenvalue weighted by molar-refractivity contribution is 0.182. The Morgan fingerprint density at radius 1 is 1.47 bits per heavy atom. The molecule has 3 heteroatoms. The van der Waals surface area contributed by atoms with E-state index in [1.807, 2.05) is 4.90 Å². The van der Waals surface area contributed by atoms with Crippen LogP contribution < -0.4 is 0 Å². The Balaban J connectivity index is 2.44. The average Bonchev–Trinajstić information content (AvgIpc) is 2.29. The number of hydrogen-bond acceptors (Lipinski definition) is 2. The lowest BCUT2D eigenvalue weighted by atomic mass is 9.94. The van der Waals surface area contributed by atoms with E-state index in [9.17, 15) is 4.79 Å². The second-order valence-electron chi connectivity index (χ2n) is 3.94. The van der Waals surface area contributed by atoms with E-state index >= 15 is 0 Å². The van der Waals surface area contributed by atoms with Gasteiger partial charge in [0.1, 0.15) is 0 Å². The summed E-state index contributed by atoms with van der Waals surface area (Å²) in [5, 5.41) is 0.226. The highest BCUT2D eigenvalue weighted by Crippen LogP contribution is 2.24. The molecule has 1 saturated carbocycles. The van der Waals surface area contributed by atoms with Crippen LogP contribution in [-0.4, -0.2) is 28.5 Å². The SMILES string of the molecule is C=CCSC(=O)N(CC)C1CCCCC1. The Hall–Kier alpha value is -0.440. The zero-order valence-electron chi connectivity index (χ0n) is 9.58. The molecule has 2 nitrogen and oxygen atoms in total. The van der Waals surface area contributed by atoms with Gasteiger partial charge in [-0.1, -0.05) is 37.1 Å². The zero-order valence-corrected chi connectivity index (χ0v) is 10.4. The molecule has 0 heterocycles. The van der Waals surface area contributed by atoms with Crippen molar-refractivity contribution in [2.45, 2.75) is 45.1 Å². The van der Waals surface area contributed by atoms with Crippen LogP contribution in [-0.2, 0) is 0 Å². The second-order valence-corrected chi connectivity index (χ2v) is 4.91. The van der Waals surface area contributed by atoms with Gasteiger partial charge in [0.15, 0.2) is 0 Å². The third kappa shape index (κ3) is 3.90. The fraction of sp³-hybridized carbons (Fsp3) is 0.750. The molecule has 0 unspecified atom stereocenters. The third-order valence-electron chi connectivity index (χ3n) is 2.92. The maximum Gasteiger partial charge on any atom is 0.282 e. The highest BCUT2D eigenvalue weighted by molar-refractivity contribution is 8.13. The van der Waals surface area contributed by atoms with Gasteiger partial charge in [0.25, 0.3) is 5.24 Å². The highest BCUT2D eigenvalue weighted by atomic mass is 32.2. The summed E-state index contributed by atoms with van der Waals surface area (Å²) >= 11 is 1.37. The van der Waals surface area contributed by atoms with E-state index in [1.54, 1.807) is 6.08 Å². The maximum atomic E-state index is 11.9. The van der Waals surface area contributed by atoms with Gasteiger partial charge in [0, 0.05) is 18.3 Å². The summed E-state index contributed by atoms with van der Waals surface area (Å²) in [4.78, 5) is 13.9.